The average Bonchev–Trinajstić information content (AvgIpc) is 2.32. The molecule has 1 aromatic heterocycles. The molecular weight excluding hydrogens is 200 g/mol. The van der Waals surface area contributed by atoms with Gasteiger partial charge >= 0.3 is 0 Å². The summed E-state index contributed by atoms with van der Waals surface area (Å²) in [6, 6.07) is 8.01. The maximum absolute atomic E-state index is 4.16. The van der Waals surface area contributed by atoms with Gasteiger partial charge in [-0.2, -0.15) is 4.98 Å². The summed E-state index contributed by atoms with van der Waals surface area (Å²) in [6.07, 6.45) is 3.04. The summed E-state index contributed by atoms with van der Waals surface area (Å²) < 4.78 is 0. The Morgan fingerprint density at radius 2 is 1.94 bits per heavy atom. The van der Waals surface area contributed by atoms with Crippen LogP contribution in [0.5, 0.6) is 0 Å². The fourth-order valence-electron chi connectivity index (χ4n) is 1.23. The molecule has 0 radical (unpaired) electrons. The van der Waals surface area contributed by atoms with Gasteiger partial charge in [0.25, 0.3) is 0 Å². The van der Waals surface area contributed by atoms with Crippen LogP contribution in [-0.4, -0.2) is 15.0 Å². The van der Waals surface area contributed by atoms with E-state index in [1.807, 2.05) is 31.2 Å². The van der Waals surface area contributed by atoms with E-state index in [0.717, 1.165) is 5.69 Å². The van der Waals surface area contributed by atoms with Crippen LogP contribution in [0.4, 0.5) is 11.6 Å². The van der Waals surface area contributed by atoms with Crippen LogP contribution in [0.1, 0.15) is 11.4 Å². The SMILES string of the molecule is C=Cc1ncnc(Nc2ccc(C)cc2)n1. The first kappa shape index (κ1) is 10.3. The highest BCUT2D eigenvalue weighted by Crippen LogP contribution is 2.12. The van der Waals surface area contributed by atoms with Gasteiger partial charge in [-0.15, -0.1) is 0 Å². The Labute approximate surface area is 94.1 Å². The molecule has 0 bridgehead atoms. The Hall–Kier alpha value is -2.23. The van der Waals surface area contributed by atoms with E-state index in [4.69, 9.17) is 0 Å². The predicted octanol–water partition coefficient (Wildman–Crippen LogP) is 2.57. The number of aryl methyl sites for hydroxylation is 1. The molecule has 1 N–H and O–H groups in total. The van der Waals surface area contributed by atoms with Gasteiger partial charge in [-0.1, -0.05) is 24.3 Å². The van der Waals surface area contributed by atoms with Crippen molar-refractivity contribution in [2.24, 2.45) is 0 Å². The Bertz CT molecular complexity index is 491. The third-order valence-electron chi connectivity index (χ3n) is 2.08. The summed E-state index contributed by atoms with van der Waals surface area (Å²) in [5.74, 6) is 1.08. The molecule has 0 aliphatic heterocycles. The second-order valence-corrected chi connectivity index (χ2v) is 3.36. The van der Waals surface area contributed by atoms with Gasteiger partial charge in [-0.05, 0) is 25.1 Å². The maximum atomic E-state index is 4.16. The van der Waals surface area contributed by atoms with Crippen LogP contribution in [-0.2, 0) is 0 Å². The molecular formula is C12H12N4. The molecule has 0 aliphatic carbocycles. The van der Waals surface area contributed by atoms with Gasteiger partial charge in [-0.25, -0.2) is 9.97 Å². The van der Waals surface area contributed by atoms with E-state index < -0.39 is 0 Å². The first-order valence-corrected chi connectivity index (χ1v) is 4.93. The highest BCUT2D eigenvalue weighted by molar-refractivity contribution is 5.54. The van der Waals surface area contributed by atoms with Crippen molar-refractivity contribution in [1.82, 2.24) is 15.0 Å². The Morgan fingerprint density at radius 1 is 1.19 bits per heavy atom. The fourth-order valence-corrected chi connectivity index (χ4v) is 1.23. The quantitative estimate of drug-likeness (QED) is 0.849. The first-order chi connectivity index (χ1) is 7.78. The minimum Gasteiger partial charge on any atom is -0.324 e. The van der Waals surface area contributed by atoms with E-state index in [2.05, 4.69) is 26.8 Å². The standard InChI is InChI=1S/C12H12N4/c1-3-11-13-8-14-12(16-11)15-10-6-4-9(2)5-7-10/h3-8H,1H2,2H3,(H,13,14,15,16). The number of anilines is 2. The molecule has 80 valence electrons. The second-order valence-electron chi connectivity index (χ2n) is 3.36. The highest BCUT2D eigenvalue weighted by Gasteiger charge is 1.98. The van der Waals surface area contributed by atoms with Crippen LogP contribution in [0.25, 0.3) is 6.08 Å². The number of aromatic nitrogens is 3. The zero-order valence-corrected chi connectivity index (χ0v) is 9.01. The molecule has 1 aromatic carbocycles. The highest BCUT2D eigenvalue weighted by atomic mass is 15.1. The van der Waals surface area contributed by atoms with E-state index in [0.29, 0.717) is 11.8 Å². The van der Waals surface area contributed by atoms with Crippen molar-refractivity contribution >= 4 is 17.7 Å². The Balaban J connectivity index is 2.20. The summed E-state index contributed by atoms with van der Waals surface area (Å²) in [6.45, 7) is 5.65. The lowest BCUT2D eigenvalue weighted by molar-refractivity contribution is 1.03. The third-order valence-corrected chi connectivity index (χ3v) is 2.08. The molecule has 0 saturated heterocycles. The number of rotatable bonds is 3. The molecule has 4 heteroatoms. The number of nitrogens with zero attached hydrogens (tertiary/aromatic N) is 3. The van der Waals surface area contributed by atoms with Crippen LogP contribution in [0.15, 0.2) is 37.2 Å². The van der Waals surface area contributed by atoms with Crippen molar-refractivity contribution in [2.75, 3.05) is 5.32 Å². The molecule has 0 fully saturated rings. The number of hydrogen-bond donors (Lipinski definition) is 1. The molecule has 0 spiro atoms. The van der Waals surface area contributed by atoms with Gasteiger partial charge in [0, 0.05) is 5.69 Å². The Kier molecular flexibility index (Phi) is 2.91. The van der Waals surface area contributed by atoms with Gasteiger partial charge in [-0.3, -0.25) is 0 Å². The summed E-state index contributed by atoms with van der Waals surface area (Å²) in [7, 11) is 0. The lowest BCUT2D eigenvalue weighted by Gasteiger charge is -2.04. The van der Waals surface area contributed by atoms with Crippen molar-refractivity contribution in [3.05, 3.63) is 48.6 Å². The van der Waals surface area contributed by atoms with Gasteiger partial charge < -0.3 is 5.32 Å². The van der Waals surface area contributed by atoms with Crippen molar-refractivity contribution in [1.29, 1.82) is 0 Å². The largest absolute Gasteiger partial charge is 0.324 e. The molecule has 2 rings (SSSR count). The molecule has 4 nitrogen and oxygen atoms in total. The average molecular weight is 212 g/mol. The summed E-state index contributed by atoms with van der Waals surface area (Å²) in [4.78, 5) is 12.1. The number of hydrogen-bond acceptors (Lipinski definition) is 4. The zero-order valence-electron chi connectivity index (χ0n) is 9.01. The minimum atomic E-state index is 0.522. The van der Waals surface area contributed by atoms with E-state index in [9.17, 15) is 0 Å². The number of benzene rings is 1. The van der Waals surface area contributed by atoms with Crippen LogP contribution in [0.3, 0.4) is 0 Å². The minimum absolute atomic E-state index is 0.522. The van der Waals surface area contributed by atoms with Gasteiger partial charge in [0.1, 0.15) is 6.33 Å². The predicted molar refractivity (Wildman–Crippen MR) is 64.4 cm³/mol. The van der Waals surface area contributed by atoms with E-state index in [1.54, 1.807) is 6.08 Å². The van der Waals surface area contributed by atoms with Gasteiger partial charge in [0.15, 0.2) is 5.82 Å². The van der Waals surface area contributed by atoms with E-state index in [1.165, 1.54) is 11.9 Å². The van der Waals surface area contributed by atoms with Crippen molar-refractivity contribution in [2.45, 2.75) is 6.92 Å². The van der Waals surface area contributed by atoms with Crippen molar-refractivity contribution in [3.8, 4) is 0 Å². The summed E-state index contributed by atoms with van der Waals surface area (Å²) >= 11 is 0. The molecule has 2 aromatic rings. The number of nitrogens with one attached hydrogen (secondary N) is 1. The lowest BCUT2D eigenvalue weighted by atomic mass is 10.2. The summed E-state index contributed by atoms with van der Waals surface area (Å²) in [5, 5.41) is 3.10. The Morgan fingerprint density at radius 3 is 2.62 bits per heavy atom. The smallest absolute Gasteiger partial charge is 0.230 e. The van der Waals surface area contributed by atoms with Crippen LogP contribution < -0.4 is 5.32 Å². The van der Waals surface area contributed by atoms with Crippen LogP contribution >= 0.6 is 0 Å². The molecule has 16 heavy (non-hydrogen) atoms. The second kappa shape index (κ2) is 4.53. The molecule has 0 unspecified atom stereocenters. The maximum Gasteiger partial charge on any atom is 0.230 e. The first-order valence-electron chi connectivity index (χ1n) is 4.93. The lowest BCUT2D eigenvalue weighted by Crippen LogP contribution is -1.99. The van der Waals surface area contributed by atoms with Crippen LogP contribution in [0.2, 0.25) is 0 Å². The van der Waals surface area contributed by atoms with Gasteiger partial charge in [0.05, 0.1) is 0 Å². The molecule has 0 amide bonds. The summed E-state index contributed by atoms with van der Waals surface area (Å²) in [5.41, 5.74) is 2.17. The topological polar surface area (TPSA) is 50.7 Å². The fraction of sp³-hybridized carbons (Fsp3) is 0.0833. The molecule has 0 saturated carbocycles. The monoisotopic (exact) mass is 212 g/mol. The molecule has 0 aliphatic rings. The zero-order chi connectivity index (χ0) is 11.4. The molecule has 0 atom stereocenters. The van der Waals surface area contributed by atoms with E-state index in [-0.39, 0.29) is 0 Å². The van der Waals surface area contributed by atoms with Crippen molar-refractivity contribution < 1.29 is 0 Å². The van der Waals surface area contributed by atoms with Gasteiger partial charge in [0.2, 0.25) is 5.95 Å². The third kappa shape index (κ3) is 2.42. The normalized spacial score (nSPS) is 9.81. The van der Waals surface area contributed by atoms with Crippen molar-refractivity contribution in [3.63, 3.8) is 0 Å². The molecule has 1 heterocycles. The van der Waals surface area contributed by atoms with E-state index >= 15 is 0 Å². The van der Waals surface area contributed by atoms with Crippen LogP contribution in [0, 0.1) is 6.92 Å².